The maximum atomic E-state index is 12.3. The third kappa shape index (κ3) is 81.5. The lowest BCUT2D eigenvalue weighted by molar-refractivity contribution is -0.141. The number of rotatable bonds is 59. The number of ketones is 8. The number of hydrogen-bond acceptors (Lipinski definition) is 22. The zero-order chi connectivity index (χ0) is 104. The Labute approximate surface area is 862 Å². The monoisotopic (exact) mass is 2040 g/mol. The fourth-order valence-corrected chi connectivity index (χ4v) is 22.3. The molecule has 1 unspecified atom stereocenters. The van der Waals surface area contributed by atoms with Crippen LogP contribution in [0, 0.1) is 88.3 Å². The zero-order valence-electron chi connectivity index (χ0n) is 92.9. The molecule has 790 valence electrons. The third-order valence-corrected chi connectivity index (χ3v) is 35.3. The molecule has 0 radical (unpaired) electrons. The second-order valence-corrected chi connectivity index (χ2v) is 56.8. The van der Waals surface area contributed by atoms with Crippen LogP contribution in [-0.4, -0.2) is 156 Å². The van der Waals surface area contributed by atoms with Gasteiger partial charge in [-0.2, -0.15) is 23.5 Å². The minimum Gasteiger partial charge on any atom is -0.494 e. The molecule has 3 aliphatic rings. The number of carbonyl (C=O) groups excluding carboxylic acids is 11. The highest BCUT2D eigenvalue weighted by molar-refractivity contribution is 8.77. The molecule has 135 heavy (non-hydrogen) atoms. The SMILES string of the molecule is CC(C)C(=O)C1CCC(CN2C(=O)CC(C(C)C)C2=O)CC1.CC(C)CCCC(=O)C(C)C.CC(C)NCC(=O)C1CCC(CC(C)(C)C)CC1.CC(C)SCCCC(=O)C(C)C.CC(C)SCCCCCC(=O)C(C)C.CC(C)SSC(C)(C)CCC(=O)NN(C)c1ccc(OCCCC(=O)C(C)C)cc1.CC(C)SSCCCC(=O)C(C)C.CC(C)SSCCCCCC(=O)C(C)C. The van der Waals surface area contributed by atoms with Gasteiger partial charge in [-0.25, -0.2) is 0 Å². The van der Waals surface area contributed by atoms with Crippen LogP contribution in [0.4, 0.5) is 5.69 Å². The van der Waals surface area contributed by atoms with Crippen molar-refractivity contribution < 1.29 is 57.5 Å². The van der Waals surface area contributed by atoms with Crippen molar-refractivity contribution in [3.8, 4) is 5.75 Å². The van der Waals surface area contributed by atoms with E-state index in [-0.39, 0.29) is 87.4 Å². The zero-order valence-corrected chi connectivity index (χ0v) is 99.4. The van der Waals surface area contributed by atoms with Crippen LogP contribution in [0.2, 0.25) is 0 Å². The summed E-state index contributed by atoms with van der Waals surface area (Å²) in [6.07, 6.45) is 27.9. The first-order valence-corrected chi connectivity index (χ1v) is 61.6. The summed E-state index contributed by atoms with van der Waals surface area (Å²) in [6.45, 7) is 75.1. The van der Waals surface area contributed by atoms with Gasteiger partial charge in [-0.3, -0.25) is 68.1 Å². The van der Waals surface area contributed by atoms with E-state index in [4.69, 9.17) is 4.74 Å². The van der Waals surface area contributed by atoms with Crippen LogP contribution in [0.3, 0.4) is 0 Å². The third-order valence-electron chi connectivity index (χ3n) is 22.9. The molecule has 0 spiro atoms. The summed E-state index contributed by atoms with van der Waals surface area (Å²) in [5.41, 5.74) is 4.24. The Morgan fingerprint density at radius 1 is 0.437 bits per heavy atom. The van der Waals surface area contributed by atoms with E-state index in [9.17, 15) is 52.7 Å². The smallest absolute Gasteiger partial charge is 0.238 e. The molecule has 16 nitrogen and oxygen atoms in total. The molecule has 1 atom stereocenters. The average Bonchev–Trinajstić information content (AvgIpc) is 1.67. The summed E-state index contributed by atoms with van der Waals surface area (Å²) in [5, 5.41) is 8.39. The lowest BCUT2D eigenvalue weighted by Crippen LogP contribution is -2.39. The van der Waals surface area contributed by atoms with E-state index in [0.717, 1.165) is 161 Å². The van der Waals surface area contributed by atoms with E-state index in [2.05, 4.69) is 142 Å². The van der Waals surface area contributed by atoms with Crippen LogP contribution in [0.15, 0.2) is 24.3 Å². The number of Topliss-reactive ketones (excluding diaryl/α,β-unsaturated/α-hetero) is 8. The van der Waals surface area contributed by atoms with Gasteiger partial charge < -0.3 is 10.1 Å². The first-order valence-electron chi connectivity index (χ1n) is 52.5. The van der Waals surface area contributed by atoms with Gasteiger partial charge in [0.25, 0.3) is 0 Å². The highest BCUT2D eigenvalue weighted by atomic mass is 33.1. The first-order chi connectivity index (χ1) is 62.8. The first kappa shape index (κ1) is 139. The number of thioether (sulfide) groups is 2. The molecule has 24 heteroatoms. The Bertz CT molecular complexity index is 3280. The highest BCUT2D eigenvalue weighted by Crippen LogP contribution is 2.42. The molecule has 3 fully saturated rings. The average molecular weight is 2050 g/mol. The Morgan fingerprint density at radius 3 is 1.22 bits per heavy atom. The van der Waals surface area contributed by atoms with Crippen LogP contribution in [0.1, 0.15) is 429 Å². The van der Waals surface area contributed by atoms with Crippen LogP contribution >= 0.6 is 88.3 Å². The number of nitrogens with one attached hydrogen (secondary N) is 2. The number of anilines is 1. The molecule has 2 N–H and O–H groups in total. The van der Waals surface area contributed by atoms with Gasteiger partial charge in [-0.05, 0) is 205 Å². The second-order valence-electron chi connectivity index (χ2n) is 43.8. The Morgan fingerprint density at radius 2 is 0.830 bits per heavy atom. The highest BCUT2D eigenvalue weighted by Gasteiger charge is 2.42. The van der Waals surface area contributed by atoms with Gasteiger partial charge in [-0.15, -0.1) is 0 Å². The molecule has 4 rings (SSSR count). The van der Waals surface area contributed by atoms with E-state index < -0.39 is 0 Å². The Balaban J connectivity index is -0.000000744. The summed E-state index contributed by atoms with van der Waals surface area (Å²) in [5.74, 6) is 12.4. The number of benzene rings is 1. The van der Waals surface area contributed by atoms with Gasteiger partial charge in [0.15, 0.2) is 0 Å². The van der Waals surface area contributed by atoms with Gasteiger partial charge in [0.05, 0.1) is 18.8 Å². The fourth-order valence-electron chi connectivity index (χ4n) is 14.2. The number of amides is 3. The largest absolute Gasteiger partial charge is 0.494 e. The molecule has 3 amide bonds. The van der Waals surface area contributed by atoms with Crippen molar-refractivity contribution in [2.45, 2.75) is 466 Å². The van der Waals surface area contributed by atoms with Gasteiger partial charge in [0, 0.05) is 162 Å². The lowest BCUT2D eigenvalue weighted by Gasteiger charge is -2.32. The predicted molar refractivity (Wildman–Crippen MR) is 603 cm³/mol. The summed E-state index contributed by atoms with van der Waals surface area (Å²) in [4.78, 5) is 130. The van der Waals surface area contributed by atoms with E-state index >= 15 is 0 Å². The lowest BCUT2D eigenvalue weighted by atomic mass is 9.73. The Hall–Kier alpha value is -2.45. The van der Waals surface area contributed by atoms with Crippen molar-refractivity contribution in [2.24, 2.45) is 88.3 Å². The quantitative estimate of drug-likeness (QED) is 0.0267. The second kappa shape index (κ2) is 81.8. The van der Waals surface area contributed by atoms with Crippen LogP contribution < -0.4 is 20.5 Å². The molecule has 0 bridgehead atoms. The molecule has 2 aliphatic carbocycles. The molecule has 1 saturated heterocycles. The summed E-state index contributed by atoms with van der Waals surface area (Å²) >= 11 is 3.94. The number of carbonyl (C=O) groups is 11. The minimum absolute atomic E-state index is 0.0101. The summed E-state index contributed by atoms with van der Waals surface area (Å²) in [6, 6.07) is 7.99. The molecule has 1 aromatic carbocycles. The maximum absolute atomic E-state index is 12.3. The van der Waals surface area contributed by atoms with Gasteiger partial charge in [-0.1, -0.05) is 313 Å². The van der Waals surface area contributed by atoms with E-state index in [1.165, 1.54) is 67.8 Å². The van der Waals surface area contributed by atoms with Crippen molar-refractivity contribution in [3.63, 3.8) is 0 Å². The van der Waals surface area contributed by atoms with Crippen molar-refractivity contribution in [3.05, 3.63) is 24.3 Å². The standard InChI is InChI=1S/C23H38N2O3S2.C18H29NO3.C16H31NO.C12H24OS2.C12H24OS.C10H20OS2.C10H20OS.C10H20O/c1-17(2)21(26)9-8-16-28-20-12-10-19(11-13-20)25(7)24-22(27)14-15-23(5,6)30-29-18(3)4;1-11(2)15-9-16(20)19(18(15)22)10-13-5-7-14(8-6-13)17(21)12(3)4;1-12(2)17-11-15(18)14-8-6-13(7-9-14)10-16(3,4)5;1-10(2)12(13)8-6-5-7-9-14-15-11(3)4;1-10(2)12(13)8-6-5-7-9-14-11(3)4;1-8(2)10(11)6-5-7-12-13-9(3)4;1-8(2)10(11)6-5-7-12-9(3)4;1-8(2)6-5-7-10(11)9(3)4/h10-13,17-18H,8-9,14-16H2,1-7H3,(H,24,27);11-15H,5-10H2,1-4H3;12-14,17H,6-11H2,1-5H3;10-11H,5-9H2,1-4H3;10-11H,5-9H2,1-4H3;8-9H,5-7H2,1-4H3;8-9H,5-7H2,1-4H3;8-9H,5-7H2,1-4H3. The maximum Gasteiger partial charge on any atom is 0.238 e. The van der Waals surface area contributed by atoms with Crippen molar-refractivity contribution in [1.29, 1.82) is 0 Å². The molecule has 0 aromatic heterocycles. The van der Waals surface area contributed by atoms with Gasteiger partial charge >= 0.3 is 0 Å². The van der Waals surface area contributed by atoms with Crippen LogP contribution in [-0.2, 0) is 52.7 Å². The number of nitrogens with zero attached hydrogens (tertiary/aromatic N) is 2. The number of likely N-dealkylation sites (tertiary alicyclic amines) is 1. The number of unbranched alkanes of at least 4 members (excludes halogenated alkanes) is 4. The van der Waals surface area contributed by atoms with Gasteiger partial charge in [0.2, 0.25) is 17.7 Å². The molecule has 1 aliphatic heterocycles. The number of ether oxygens (including phenoxy) is 1. The minimum atomic E-state index is -0.133. The van der Waals surface area contributed by atoms with E-state index in [1.807, 2.05) is 230 Å². The molecular formula is C111H206N4O12S8. The number of hydrazine groups is 1. The predicted octanol–water partition coefficient (Wildman–Crippen LogP) is 31.2. The van der Waals surface area contributed by atoms with E-state index in [1.54, 1.807) is 5.01 Å². The van der Waals surface area contributed by atoms with Crippen molar-refractivity contribution in [1.82, 2.24) is 15.6 Å². The topological polar surface area (TPSA) is 228 Å². The normalized spacial score (nSPS) is 16.2. The Kier molecular flexibility index (Phi) is 84.1. The van der Waals surface area contributed by atoms with Crippen molar-refractivity contribution in [2.75, 3.05) is 54.8 Å². The molecule has 1 heterocycles. The van der Waals surface area contributed by atoms with Crippen LogP contribution in [0.25, 0.3) is 0 Å². The molecular weight excluding hydrogens is 1840 g/mol. The summed E-state index contributed by atoms with van der Waals surface area (Å²) in [7, 11) is 13.2. The number of imide groups is 1. The van der Waals surface area contributed by atoms with Crippen molar-refractivity contribution >= 4 is 158 Å². The van der Waals surface area contributed by atoms with E-state index in [0.29, 0.717) is 118 Å². The van der Waals surface area contributed by atoms with Crippen LogP contribution in [0.5, 0.6) is 5.75 Å². The fraction of sp³-hybridized carbons (Fsp3) is 0.847. The van der Waals surface area contributed by atoms with Gasteiger partial charge in [0.1, 0.15) is 52.0 Å². The number of hydrogen-bond donors (Lipinski definition) is 2. The summed E-state index contributed by atoms with van der Waals surface area (Å²) < 4.78 is 5.76. The molecule has 2 saturated carbocycles. The molecule has 1 aromatic rings.